The van der Waals surface area contributed by atoms with Crippen LogP contribution in [-0.2, 0) is 0 Å². The van der Waals surface area contributed by atoms with E-state index in [4.69, 9.17) is 0 Å². The van der Waals surface area contributed by atoms with Gasteiger partial charge in [0.2, 0.25) is 5.95 Å². The standard InChI is InChI=1S/C15H15F3N6S/c16-15(17,18)9-1-4-24(5-2-9)13-11-12(20-8-19-11)22-14(23-13)21-10-3-6-25-7-10/h3,6-9H,1-2,4-5H2,(H2,19,20,21,22,23). The number of anilines is 3. The average Bonchev–Trinajstić information content (AvgIpc) is 3.25. The fourth-order valence-electron chi connectivity index (χ4n) is 2.99. The molecular formula is C15H15F3N6S. The van der Waals surface area contributed by atoms with Crippen molar-refractivity contribution in [2.45, 2.75) is 19.0 Å². The molecule has 4 rings (SSSR count). The van der Waals surface area contributed by atoms with Crippen molar-refractivity contribution in [3.05, 3.63) is 23.2 Å². The maximum absolute atomic E-state index is 12.9. The molecule has 1 fully saturated rings. The van der Waals surface area contributed by atoms with Gasteiger partial charge in [-0.2, -0.15) is 34.5 Å². The number of nitrogens with zero attached hydrogens (tertiary/aromatic N) is 4. The molecular weight excluding hydrogens is 353 g/mol. The molecule has 1 aliphatic heterocycles. The Morgan fingerprint density at radius 3 is 2.72 bits per heavy atom. The molecule has 0 unspecified atom stereocenters. The number of imidazole rings is 1. The summed E-state index contributed by atoms with van der Waals surface area (Å²) in [5.74, 6) is -0.280. The number of nitrogens with one attached hydrogen (secondary N) is 2. The zero-order valence-corrected chi connectivity index (χ0v) is 13.9. The van der Waals surface area contributed by atoms with E-state index in [0.29, 0.717) is 36.0 Å². The number of halogens is 3. The molecule has 25 heavy (non-hydrogen) atoms. The highest BCUT2D eigenvalue weighted by molar-refractivity contribution is 7.08. The summed E-state index contributed by atoms with van der Waals surface area (Å²) in [5.41, 5.74) is 1.99. The van der Waals surface area contributed by atoms with Gasteiger partial charge in [0.1, 0.15) is 5.52 Å². The lowest BCUT2D eigenvalue weighted by Gasteiger charge is -2.33. The normalized spacial score (nSPS) is 16.5. The van der Waals surface area contributed by atoms with Gasteiger partial charge in [0.15, 0.2) is 11.5 Å². The number of H-pyrrole nitrogens is 1. The van der Waals surface area contributed by atoms with Gasteiger partial charge in [0.25, 0.3) is 0 Å². The number of piperidine rings is 1. The van der Waals surface area contributed by atoms with Gasteiger partial charge < -0.3 is 15.2 Å². The average molecular weight is 368 g/mol. The Balaban J connectivity index is 1.61. The third kappa shape index (κ3) is 3.26. The summed E-state index contributed by atoms with van der Waals surface area (Å²) in [6.07, 6.45) is -2.49. The predicted octanol–water partition coefficient (Wildman–Crippen LogP) is 3.94. The van der Waals surface area contributed by atoms with E-state index in [9.17, 15) is 13.2 Å². The van der Waals surface area contributed by atoms with Crippen molar-refractivity contribution in [1.82, 2.24) is 19.9 Å². The van der Waals surface area contributed by atoms with E-state index in [1.54, 1.807) is 11.3 Å². The molecule has 0 spiro atoms. The van der Waals surface area contributed by atoms with E-state index in [1.165, 1.54) is 6.33 Å². The van der Waals surface area contributed by atoms with Crippen molar-refractivity contribution < 1.29 is 13.2 Å². The third-order valence-corrected chi connectivity index (χ3v) is 4.98. The van der Waals surface area contributed by atoms with E-state index in [2.05, 4.69) is 25.3 Å². The first-order valence-corrected chi connectivity index (χ1v) is 8.77. The molecule has 1 saturated heterocycles. The van der Waals surface area contributed by atoms with Crippen molar-refractivity contribution >= 4 is 40.0 Å². The van der Waals surface area contributed by atoms with Gasteiger partial charge in [-0.15, -0.1) is 0 Å². The van der Waals surface area contributed by atoms with E-state index >= 15 is 0 Å². The zero-order chi connectivity index (χ0) is 17.4. The van der Waals surface area contributed by atoms with E-state index in [-0.39, 0.29) is 12.8 Å². The Morgan fingerprint density at radius 2 is 2.04 bits per heavy atom. The number of aromatic amines is 1. The zero-order valence-electron chi connectivity index (χ0n) is 13.0. The number of aromatic nitrogens is 4. The van der Waals surface area contributed by atoms with Gasteiger partial charge in [-0.25, -0.2) is 4.98 Å². The highest BCUT2D eigenvalue weighted by Gasteiger charge is 2.41. The minimum Gasteiger partial charge on any atom is -0.355 e. The molecule has 0 saturated carbocycles. The van der Waals surface area contributed by atoms with Crippen LogP contribution in [0.1, 0.15) is 12.8 Å². The summed E-state index contributed by atoms with van der Waals surface area (Å²) in [6.45, 7) is 0.598. The molecule has 0 aromatic carbocycles. The summed E-state index contributed by atoms with van der Waals surface area (Å²) in [5, 5.41) is 6.96. The van der Waals surface area contributed by atoms with Crippen LogP contribution in [0, 0.1) is 5.92 Å². The molecule has 4 heterocycles. The SMILES string of the molecule is FC(F)(F)C1CCN(c2nc(Nc3ccsc3)nc3nc[nH]c23)CC1. The number of hydrogen-bond acceptors (Lipinski definition) is 6. The Kier molecular flexibility index (Phi) is 3.98. The Morgan fingerprint density at radius 1 is 1.24 bits per heavy atom. The van der Waals surface area contributed by atoms with Crippen molar-refractivity contribution in [3.63, 3.8) is 0 Å². The lowest BCUT2D eigenvalue weighted by atomic mass is 9.96. The minimum atomic E-state index is -4.13. The Labute approximate surface area is 145 Å². The quantitative estimate of drug-likeness (QED) is 0.733. The number of rotatable bonds is 3. The van der Waals surface area contributed by atoms with Crippen LogP contribution >= 0.6 is 11.3 Å². The van der Waals surface area contributed by atoms with Crippen molar-refractivity contribution in [3.8, 4) is 0 Å². The molecule has 0 amide bonds. The lowest BCUT2D eigenvalue weighted by Crippen LogP contribution is -2.39. The first-order valence-electron chi connectivity index (χ1n) is 7.83. The van der Waals surface area contributed by atoms with Crippen LogP contribution in [0.5, 0.6) is 0 Å². The van der Waals surface area contributed by atoms with E-state index < -0.39 is 12.1 Å². The molecule has 0 atom stereocenters. The van der Waals surface area contributed by atoms with Crippen molar-refractivity contribution in [2.24, 2.45) is 5.92 Å². The topological polar surface area (TPSA) is 69.7 Å². The lowest BCUT2D eigenvalue weighted by molar-refractivity contribution is -0.179. The largest absolute Gasteiger partial charge is 0.391 e. The fourth-order valence-corrected chi connectivity index (χ4v) is 3.57. The van der Waals surface area contributed by atoms with E-state index in [0.717, 1.165) is 5.69 Å². The second-order valence-corrected chi connectivity index (χ2v) is 6.69. The first-order chi connectivity index (χ1) is 12.0. The molecule has 0 aliphatic carbocycles. The number of fused-ring (bicyclic) bond motifs is 1. The molecule has 10 heteroatoms. The monoisotopic (exact) mass is 368 g/mol. The van der Waals surface area contributed by atoms with Crippen LogP contribution in [0.15, 0.2) is 23.2 Å². The summed E-state index contributed by atoms with van der Waals surface area (Å²) >= 11 is 1.54. The van der Waals surface area contributed by atoms with Gasteiger partial charge in [-0.1, -0.05) is 0 Å². The highest BCUT2D eigenvalue weighted by atomic mass is 32.1. The van der Waals surface area contributed by atoms with Gasteiger partial charge in [-0.05, 0) is 24.3 Å². The number of hydrogen-bond donors (Lipinski definition) is 2. The van der Waals surface area contributed by atoms with Crippen LogP contribution in [0.25, 0.3) is 11.2 Å². The van der Waals surface area contributed by atoms with Crippen LogP contribution in [-0.4, -0.2) is 39.2 Å². The molecule has 3 aromatic heterocycles. The molecule has 0 radical (unpaired) electrons. The smallest absolute Gasteiger partial charge is 0.355 e. The molecule has 6 nitrogen and oxygen atoms in total. The molecule has 1 aliphatic rings. The fraction of sp³-hybridized carbons (Fsp3) is 0.400. The van der Waals surface area contributed by atoms with Gasteiger partial charge in [0, 0.05) is 18.5 Å². The molecule has 3 aromatic rings. The second-order valence-electron chi connectivity index (χ2n) is 5.91. The Bertz CT molecular complexity index is 852. The predicted molar refractivity (Wildman–Crippen MR) is 90.3 cm³/mol. The first kappa shape index (κ1) is 16.1. The van der Waals surface area contributed by atoms with E-state index in [1.807, 2.05) is 21.7 Å². The summed E-state index contributed by atoms with van der Waals surface area (Å²) in [7, 11) is 0. The summed E-state index contributed by atoms with van der Waals surface area (Å²) < 4.78 is 38.6. The van der Waals surface area contributed by atoms with Crippen molar-refractivity contribution in [2.75, 3.05) is 23.3 Å². The van der Waals surface area contributed by atoms with Crippen LogP contribution in [0.3, 0.4) is 0 Å². The van der Waals surface area contributed by atoms with Gasteiger partial charge in [-0.3, -0.25) is 0 Å². The molecule has 0 bridgehead atoms. The summed E-state index contributed by atoms with van der Waals surface area (Å²) in [6, 6.07) is 1.90. The van der Waals surface area contributed by atoms with Crippen molar-refractivity contribution in [1.29, 1.82) is 0 Å². The van der Waals surface area contributed by atoms with Gasteiger partial charge >= 0.3 is 6.18 Å². The number of thiophene rings is 1. The number of alkyl halides is 3. The maximum atomic E-state index is 12.9. The van der Waals surface area contributed by atoms with Crippen LogP contribution in [0.2, 0.25) is 0 Å². The van der Waals surface area contributed by atoms with Crippen LogP contribution in [0.4, 0.5) is 30.6 Å². The second kappa shape index (κ2) is 6.17. The maximum Gasteiger partial charge on any atom is 0.391 e. The van der Waals surface area contributed by atoms with Gasteiger partial charge in [0.05, 0.1) is 17.9 Å². The Hall–Kier alpha value is -2.36. The summed E-state index contributed by atoms with van der Waals surface area (Å²) in [4.78, 5) is 17.9. The minimum absolute atomic E-state index is 0.0659. The molecule has 132 valence electrons. The third-order valence-electron chi connectivity index (χ3n) is 4.30. The molecule has 2 N–H and O–H groups in total. The van der Waals surface area contributed by atoms with Crippen LogP contribution < -0.4 is 10.2 Å². The highest BCUT2D eigenvalue weighted by Crippen LogP contribution is 2.36.